The first-order chi connectivity index (χ1) is 18.1. The number of carbonyl (C=O) groups is 1. The molecule has 1 N–H and O–H groups in total. The first-order valence-corrected chi connectivity index (χ1v) is 15.3. The average Bonchev–Trinajstić information content (AvgIpc) is 3.33. The molecule has 0 radical (unpaired) electrons. The van der Waals surface area contributed by atoms with Crippen molar-refractivity contribution in [1.29, 1.82) is 0 Å². The second kappa shape index (κ2) is 10.3. The van der Waals surface area contributed by atoms with Gasteiger partial charge in [-0.2, -0.15) is 4.31 Å². The highest BCUT2D eigenvalue weighted by Gasteiger charge is 2.33. The molecule has 3 aromatic rings. The third-order valence-electron chi connectivity index (χ3n) is 6.88. The van der Waals surface area contributed by atoms with Gasteiger partial charge in [0.2, 0.25) is 15.9 Å². The smallest absolute Gasteiger partial charge is 0.264 e. The molecule has 0 atom stereocenters. The maximum atomic E-state index is 13.2. The summed E-state index contributed by atoms with van der Waals surface area (Å²) in [6.07, 6.45) is 1.21. The Kier molecular flexibility index (Phi) is 7.21. The monoisotopic (exact) mass is 577 g/mol. The molecule has 1 amide bonds. The zero-order chi connectivity index (χ0) is 27.1. The molecule has 0 unspecified atom stereocenters. The van der Waals surface area contributed by atoms with Crippen molar-refractivity contribution >= 4 is 48.9 Å². The Bertz CT molecular complexity index is 1570. The van der Waals surface area contributed by atoms with Crippen molar-refractivity contribution < 1.29 is 26.0 Å². The molecule has 5 rings (SSSR count). The quantitative estimate of drug-likeness (QED) is 0.471. The fourth-order valence-electron chi connectivity index (χ4n) is 4.77. The van der Waals surface area contributed by atoms with Crippen LogP contribution in [0.15, 0.2) is 76.5 Å². The minimum Gasteiger partial charge on any atom is -0.326 e. The van der Waals surface area contributed by atoms with Crippen LogP contribution in [-0.4, -0.2) is 46.7 Å². The van der Waals surface area contributed by atoms with E-state index in [1.807, 2.05) is 0 Å². The van der Waals surface area contributed by atoms with Crippen LogP contribution in [0.1, 0.15) is 18.4 Å². The lowest BCUT2D eigenvalue weighted by Crippen LogP contribution is -2.41. The topological polar surface area (TPSA) is 104 Å². The Balaban J connectivity index is 1.26. The molecule has 200 valence electrons. The second-order valence-electron chi connectivity index (χ2n) is 9.25. The van der Waals surface area contributed by atoms with Crippen molar-refractivity contribution in [2.45, 2.75) is 29.1 Å². The van der Waals surface area contributed by atoms with E-state index in [1.54, 1.807) is 18.2 Å². The van der Waals surface area contributed by atoms with Gasteiger partial charge in [0.15, 0.2) is 0 Å². The van der Waals surface area contributed by atoms with Crippen LogP contribution in [0.2, 0.25) is 5.02 Å². The SMILES string of the molecule is O=C(Nc1ccc2c(c1)N(S(=O)(=O)c1ccc(Cl)cc1)CC2)C1CCN(S(=O)(=O)c2ccc(F)cc2)CC1. The average molecular weight is 578 g/mol. The van der Waals surface area contributed by atoms with Gasteiger partial charge in [-0.15, -0.1) is 0 Å². The molecule has 12 heteroatoms. The molecule has 0 aromatic heterocycles. The van der Waals surface area contributed by atoms with Crippen LogP contribution in [0, 0.1) is 11.7 Å². The Morgan fingerprint density at radius 2 is 1.45 bits per heavy atom. The molecule has 1 fully saturated rings. The van der Waals surface area contributed by atoms with Crippen LogP contribution in [0.3, 0.4) is 0 Å². The van der Waals surface area contributed by atoms with E-state index in [9.17, 15) is 26.0 Å². The van der Waals surface area contributed by atoms with E-state index in [1.165, 1.54) is 45.0 Å². The van der Waals surface area contributed by atoms with E-state index >= 15 is 0 Å². The van der Waals surface area contributed by atoms with E-state index in [4.69, 9.17) is 11.6 Å². The van der Waals surface area contributed by atoms with Crippen LogP contribution in [0.5, 0.6) is 0 Å². The number of nitrogens with one attached hydrogen (secondary N) is 1. The van der Waals surface area contributed by atoms with E-state index in [0.29, 0.717) is 42.2 Å². The number of carbonyl (C=O) groups excluding carboxylic acids is 1. The molecule has 0 saturated carbocycles. The van der Waals surface area contributed by atoms with Crippen molar-refractivity contribution in [3.63, 3.8) is 0 Å². The molecule has 3 aromatic carbocycles. The van der Waals surface area contributed by atoms with Gasteiger partial charge in [0.05, 0.1) is 15.5 Å². The summed E-state index contributed by atoms with van der Waals surface area (Å²) in [6, 6.07) is 15.8. The molecular formula is C26H25ClFN3O5S2. The number of sulfonamides is 2. The van der Waals surface area contributed by atoms with Crippen LogP contribution >= 0.6 is 11.6 Å². The lowest BCUT2D eigenvalue weighted by molar-refractivity contribution is -0.120. The highest BCUT2D eigenvalue weighted by molar-refractivity contribution is 7.92. The summed E-state index contributed by atoms with van der Waals surface area (Å²) in [5, 5.41) is 3.30. The lowest BCUT2D eigenvalue weighted by Gasteiger charge is -2.30. The molecule has 2 aliphatic heterocycles. The number of anilines is 2. The second-order valence-corrected chi connectivity index (χ2v) is 13.5. The normalized spacial score (nSPS) is 16.8. The van der Waals surface area contributed by atoms with Crippen LogP contribution < -0.4 is 9.62 Å². The summed E-state index contributed by atoms with van der Waals surface area (Å²) in [7, 11) is -7.58. The predicted molar refractivity (Wildman–Crippen MR) is 143 cm³/mol. The molecule has 2 aliphatic rings. The van der Waals surface area contributed by atoms with Crippen molar-refractivity contribution in [2.75, 3.05) is 29.3 Å². The van der Waals surface area contributed by atoms with Gasteiger partial charge in [0, 0.05) is 36.3 Å². The highest BCUT2D eigenvalue weighted by Crippen LogP contribution is 2.35. The summed E-state index contributed by atoms with van der Waals surface area (Å²) in [4.78, 5) is 13.1. The lowest BCUT2D eigenvalue weighted by atomic mass is 9.97. The van der Waals surface area contributed by atoms with Gasteiger partial charge in [0.1, 0.15) is 5.82 Å². The number of nitrogens with zero attached hydrogens (tertiary/aromatic N) is 2. The largest absolute Gasteiger partial charge is 0.326 e. The van der Waals surface area contributed by atoms with Gasteiger partial charge >= 0.3 is 0 Å². The fourth-order valence-corrected chi connectivity index (χ4v) is 7.86. The fraction of sp³-hybridized carbons (Fsp3) is 0.269. The molecule has 1 saturated heterocycles. The number of benzene rings is 3. The molecule has 0 aliphatic carbocycles. The van der Waals surface area contributed by atoms with Gasteiger partial charge < -0.3 is 5.32 Å². The number of piperidine rings is 1. The number of rotatable bonds is 6. The highest BCUT2D eigenvalue weighted by atomic mass is 35.5. The summed E-state index contributed by atoms with van der Waals surface area (Å²) >= 11 is 5.91. The molecule has 0 spiro atoms. The zero-order valence-electron chi connectivity index (χ0n) is 20.2. The Hall–Kier alpha value is -2.99. The van der Waals surface area contributed by atoms with Crippen molar-refractivity contribution in [2.24, 2.45) is 5.92 Å². The first-order valence-electron chi connectivity index (χ1n) is 12.0. The number of fused-ring (bicyclic) bond motifs is 1. The van der Waals surface area contributed by atoms with Crippen molar-refractivity contribution in [1.82, 2.24) is 4.31 Å². The van der Waals surface area contributed by atoms with Crippen molar-refractivity contribution in [3.8, 4) is 0 Å². The van der Waals surface area contributed by atoms with Gasteiger partial charge in [-0.25, -0.2) is 21.2 Å². The predicted octanol–water partition coefficient (Wildman–Crippen LogP) is 4.27. The molecule has 38 heavy (non-hydrogen) atoms. The first kappa shape index (κ1) is 26.6. The number of hydrogen-bond donors (Lipinski definition) is 1. The molecular weight excluding hydrogens is 553 g/mol. The maximum absolute atomic E-state index is 13.2. The third kappa shape index (κ3) is 5.15. The van der Waals surface area contributed by atoms with Crippen molar-refractivity contribution in [3.05, 3.63) is 83.1 Å². The number of halogens is 2. The van der Waals surface area contributed by atoms with Gasteiger partial charge in [-0.05, 0) is 85.5 Å². The summed E-state index contributed by atoms with van der Waals surface area (Å²) in [5.41, 5.74) is 1.84. The van der Waals surface area contributed by atoms with Gasteiger partial charge in [-0.1, -0.05) is 17.7 Å². The van der Waals surface area contributed by atoms with E-state index in [-0.39, 0.29) is 28.8 Å². The molecule has 2 heterocycles. The summed E-state index contributed by atoms with van der Waals surface area (Å²) in [6.45, 7) is 0.614. The third-order valence-corrected chi connectivity index (χ3v) is 10.9. The number of amides is 1. The summed E-state index contributed by atoms with van der Waals surface area (Å²) in [5.74, 6) is -1.18. The Labute approximate surface area is 226 Å². The van der Waals surface area contributed by atoms with Crippen LogP contribution in [0.25, 0.3) is 0 Å². The maximum Gasteiger partial charge on any atom is 0.264 e. The Morgan fingerprint density at radius 1 is 0.842 bits per heavy atom. The van der Waals surface area contributed by atoms with Crippen LogP contribution in [0.4, 0.5) is 15.8 Å². The van der Waals surface area contributed by atoms with Crippen LogP contribution in [-0.2, 0) is 31.3 Å². The zero-order valence-corrected chi connectivity index (χ0v) is 22.6. The summed E-state index contributed by atoms with van der Waals surface area (Å²) < 4.78 is 68.0. The van der Waals surface area contributed by atoms with E-state index in [2.05, 4.69) is 5.32 Å². The molecule has 0 bridgehead atoms. The van der Waals surface area contributed by atoms with Gasteiger partial charge in [0.25, 0.3) is 10.0 Å². The minimum absolute atomic E-state index is 0.0121. The van der Waals surface area contributed by atoms with E-state index in [0.717, 1.165) is 17.7 Å². The number of hydrogen-bond acceptors (Lipinski definition) is 5. The van der Waals surface area contributed by atoms with Gasteiger partial charge in [-0.3, -0.25) is 9.10 Å². The minimum atomic E-state index is -3.80. The molecule has 8 nitrogen and oxygen atoms in total. The Morgan fingerprint density at radius 3 is 2.11 bits per heavy atom. The standard InChI is InChI=1S/C26H25ClFN3O5S2/c27-20-2-7-24(8-3-20)38(35,36)31-16-13-18-1-6-22(17-25(18)31)29-26(32)19-11-14-30(15-12-19)37(33,34)23-9-4-21(28)5-10-23/h1-10,17,19H,11-16H2,(H,29,32). The van der Waals surface area contributed by atoms with E-state index < -0.39 is 31.8 Å².